The highest BCUT2D eigenvalue weighted by Gasteiger charge is 2.07. The maximum atomic E-state index is 8.86. The van der Waals surface area contributed by atoms with Crippen molar-refractivity contribution in [1.29, 1.82) is 5.26 Å². The molecular formula is C13H14N4. The predicted octanol–water partition coefficient (Wildman–Crippen LogP) is 2.76. The van der Waals surface area contributed by atoms with E-state index in [-0.39, 0.29) is 6.04 Å². The van der Waals surface area contributed by atoms with Crippen molar-refractivity contribution in [2.75, 3.05) is 5.32 Å². The van der Waals surface area contributed by atoms with Crippen LogP contribution in [0, 0.1) is 18.3 Å². The summed E-state index contributed by atoms with van der Waals surface area (Å²) in [6.45, 7) is 3.97. The molecule has 0 bridgehead atoms. The van der Waals surface area contributed by atoms with E-state index in [4.69, 9.17) is 5.26 Å². The second-order valence-corrected chi connectivity index (χ2v) is 3.98. The van der Waals surface area contributed by atoms with Gasteiger partial charge in [0.05, 0.1) is 17.7 Å². The van der Waals surface area contributed by atoms with Gasteiger partial charge in [-0.05, 0) is 37.6 Å². The van der Waals surface area contributed by atoms with E-state index in [1.807, 2.05) is 32.0 Å². The highest BCUT2D eigenvalue weighted by atomic mass is 15.0. The topological polar surface area (TPSA) is 64.5 Å². The standard InChI is InChI=1S/C13H14N4/c1-9-7-12(4-3-11(9)8-14)17-10(2)13-15-5-6-16-13/h3-7,10,17H,1-2H3,(H,15,16). The molecular weight excluding hydrogens is 212 g/mol. The summed E-state index contributed by atoms with van der Waals surface area (Å²) in [6, 6.07) is 7.97. The summed E-state index contributed by atoms with van der Waals surface area (Å²) in [6.07, 6.45) is 3.54. The van der Waals surface area contributed by atoms with E-state index >= 15 is 0 Å². The molecule has 0 aliphatic heterocycles. The zero-order valence-corrected chi connectivity index (χ0v) is 9.86. The van der Waals surface area contributed by atoms with Crippen LogP contribution in [0.4, 0.5) is 5.69 Å². The molecule has 1 unspecified atom stereocenters. The minimum absolute atomic E-state index is 0.109. The molecule has 17 heavy (non-hydrogen) atoms. The second kappa shape index (κ2) is 4.71. The Morgan fingerprint density at radius 1 is 1.47 bits per heavy atom. The molecule has 4 nitrogen and oxygen atoms in total. The van der Waals surface area contributed by atoms with Crippen LogP contribution in [0.25, 0.3) is 0 Å². The van der Waals surface area contributed by atoms with Gasteiger partial charge in [-0.25, -0.2) is 4.98 Å². The highest BCUT2D eigenvalue weighted by molar-refractivity contribution is 5.52. The molecule has 2 aromatic rings. The fourth-order valence-corrected chi connectivity index (χ4v) is 1.71. The van der Waals surface area contributed by atoms with Crippen molar-refractivity contribution in [3.05, 3.63) is 47.5 Å². The largest absolute Gasteiger partial charge is 0.375 e. The molecule has 2 N–H and O–H groups in total. The fraction of sp³-hybridized carbons (Fsp3) is 0.231. The molecule has 1 atom stereocenters. The molecule has 0 saturated carbocycles. The summed E-state index contributed by atoms with van der Waals surface area (Å²) in [7, 11) is 0. The zero-order valence-electron chi connectivity index (χ0n) is 9.86. The summed E-state index contributed by atoms with van der Waals surface area (Å²) in [5, 5.41) is 12.2. The van der Waals surface area contributed by atoms with Crippen LogP contribution in [-0.2, 0) is 0 Å². The number of aromatic amines is 1. The lowest BCUT2D eigenvalue weighted by molar-refractivity contribution is 0.810. The molecule has 1 aromatic heterocycles. The van der Waals surface area contributed by atoms with E-state index < -0.39 is 0 Å². The maximum absolute atomic E-state index is 8.86. The molecule has 1 heterocycles. The van der Waals surface area contributed by atoms with Crippen molar-refractivity contribution >= 4 is 5.69 Å². The normalized spacial score (nSPS) is 11.8. The number of aryl methyl sites for hydroxylation is 1. The molecule has 0 aliphatic carbocycles. The number of nitrogens with one attached hydrogen (secondary N) is 2. The Morgan fingerprint density at radius 2 is 2.29 bits per heavy atom. The molecule has 0 saturated heterocycles. The first-order valence-electron chi connectivity index (χ1n) is 5.47. The Bertz CT molecular complexity index is 537. The number of aromatic nitrogens is 2. The Labute approximate surface area is 100 Å². The van der Waals surface area contributed by atoms with Gasteiger partial charge in [-0.2, -0.15) is 5.26 Å². The lowest BCUT2D eigenvalue weighted by Gasteiger charge is -2.13. The minimum atomic E-state index is 0.109. The van der Waals surface area contributed by atoms with E-state index in [9.17, 15) is 0 Å². The first-order chi connectivity index (χ1) is 8.20. The molecule has 2 rings (SSSR count). The lowest BCUT2D eigenvalue weighted by atomic mass is 10.1. The number of rotatable bonds is 3. The Kier molecular flexibility index (Phi) is 3.10. The minimum Gasteiger partial charge on any atom is -0.375 e. The van der Waals surface area contributed by atoms with Gasteiger partial charge in [-0.1, -0.05) is 0 Å². The maximum Gasteiger partial charge on any atom is 0.128 e. The molecule has 0 radical (unpaired) electrons. The number of nitriles is 1. The average Bonchev–Trinajstić information content (AvgIpc) is 2.82. The summed E-state index contributed by atoms with van der Waals surface area (Å²) in [5.74, 6) is 0.895. The molecule has 86 valence electrons. The van der Waals surface area contributed by atoms with Gasteiger partial charge in [-0.3, -0.25) is 0 Å². The van der Waals surface area contributed by atoms with Crippen LogP contribution >= 0.6 is 0 Å². The van der Waals surface area contributed by atoms with Crippen molar-refractivity contribution in [3.8, 4) is 6.07 Å². The Hall–Kier alpha value is -2.28. The predicted molar refractivity (Wildman–Crippen MR) is 66.5 cm³/mol. The third kappa shape index (κ3) is 2.45. The van der Waals surface area contributed by atoms with Gasteiger partial charge in [0.2, 0.25) is 0 Å². The fourth-order valence-electron chi connectivity index (χ4n) is 1.71. The van der Waals surface area contributed by atoms with Crippen LogP contribution in [0.5, 0.6) is 0 Å². The molecule has 0 aliphatic rings. The van der Waals surface area contributed by atoms with Crippen LogP contribution in [0.1, 0.15) is 29.9 Å². The van der Waals surface area contributed by atoms with E-state index in [2.05, 4.69) is 21.4 Å². The number of hydrogen-bond donors (Lipinski definition) is 2. The van der Waals surface area contributed by atoms with Crippen LogP contribution in [0.2, 0.25) is 0 Å². The van der Waals surface area contributed by atoms with Crippen molar-refractivity contribution < 1.29 is 0 Å². The monoisotopic (exact) mass is 226 g/mol. The molecule has 0 fully saturated rings. The van der Waals surface area contributed by atoms with Gasteiger partial charge in [0.25, 0.3) is 0 Å². The first kappa shape index (κ1) is 11.2. The smallest absolute Gasteiger partial charge is 0.128 e. The third-order valence-corrected chi connectivity index (χ3v) is 2.66. The number of H-pyrrole nitrogens is 1. The van der Waals surface area contributed by atoms with Gasteiger partial charge in [0.15, 0.2) is 0 Å². The van der Waals surface area contributed by atoms with E-state index in [0.29, 0.717) is 5.56 Å². The Balaban J connectivity index is 2.15. The van der Waals surface area contributed by atoms with Crippen molar-refractivity contribution in [2.45, 2.75) is 19.9 Å². The first-order valence-corrected chi connectivity index (χ1v) is 5.47. The molecule has 0 spiro atoms. The SMILES string of the molecule is Cc1cc(NC(C)c2ncc[nH]2)ccc1C#N. The average molecular weight is 226 g/mol. The quantitative estimate of drug-likeness (QED) is 0.845. The zero-order chi connectivity index (χ0) is 12.3. The van der Waals surface area contributed by atoms with Crippen LogP contribution in [0.3, 0.4) is 0 Å². The van der Waals surface area contributed by atoms with Crippen LogP contribution < -0.4 is 5.32 Å². The molecule has 0 amide bonds. The van der Waals surface area contributed by atoms with E-state index in [0.717, 1.165) is 17.1 Å². The summed E-state index contributed by atoms with van der Waals surface area (Å²) in [4.78, 5) is 7.27. The number of anilines is 1. The van der Waals surface area contributed by atoms with Crippen molar-refractivity contribution in [2.24, 2.45) is 0 Å². The second-order valence-electron chi connectivity index (χ2n) is 3.98. The lowest BCUT2D eigenvalue weighted by Crippen LogP contribution is -2.08. The van der Waals surface area contributed by atoms with Crippen molar-refractivity contribution in [1.82, 2.24) is 9.97 Å². The molecule has 1 aromatic carbocycles. The van der Waals surface area contributed by atoms with Gasteiger partial charge in [0, 0.05) is 18.1 Å². The summed E-state index contributed by atoms with van der Waals surface area (Å²) < 4.78 is 0. The van der Waals surface area contributed by atoms with E-state index in [1.54, 1.807) is 12.4 Å². The van der Waals surface area contributed by atoms with Crippen LogP contribution in [-0.4, -0.2) is 9.97 Å². The summed E-state index contributed by atoms with van der Waals surface area (Å²) in [5.41, 5.74) is 2.68. The number of hydrogen-bond acceptors (Lipinski definition) is 3. The third-order valence-electron chi connectivity index (χ3n) is 2.66. The number of imidazole rings is 1. The summed E-state index contributed by atoms with van der Waals surface area (Å²) >= 11 is 0. The van der Waals surface area contributed by atoms with E-state index in [1.165, 1.54) is 0 Å². The van der Waals surface area contributed by atoms with Crippen molar-refractivity contribution in [3.63, 3.8) is 0 Å². The van der Waals surface area contributed by atoms with Gasteiger partial charge in [-0.15, -0.1) is 0 Å². The van der Waals surface area contributed by atoms with Gasteiger partial charge < -0.3 is 10.3 Å². The Morgan fingerprint density at radius 3 is 2.88 bits per heavy atom. The van der Waals surface area contributed by atoms with Gasteiger partial charge >= 0.3 is 0 Å². The number of benzene rings is 1. The van der Waals surface area contributed by atoms with Gasteiger partial charge in [0.1, 0.15) is 5.82 Å². The number of nitrogens with zero attached hydrogens (tertiary/aromatic N) is 2. The van der Waals surface area contributed by atoms with Crippen LogP contribution in [0.15, 0.2) is 30.6 Å². The molecule has 4 heteroatoms. The highest BCUT2D eigenvalue weighted by Crippen LogP contribution is 2.19.